The maximum atomic E-state index is 11.0. The number of carboxylic acids is 4. The first kappa shape index (κ1) is 14.7. The molecule has 1 aromatic rings. The van der Waals surface area contributed by atoms with Crippen LogP contribution in [0.5, 0.6) is 0 Å². The van der Waals surface area contributed by atoms with Crippen molar-refractivity contribution in [3.05, 3.63) is 28.3 Å². The van der Waals surface area contributed by atoms with E-state index in [4.69, 9.17) is 20.4 Å². The molecule has 1 aromatic carbocycles. The summed E-state index contributed by atoms with van der Waals surface area (Å²) in [4.78, 5) is 43.9. The summed E-state index contributed by atoms with van der Waals surface area (Å²) in [7, 11) is 0. The molecule has 1 rings (SSSR count). The zero-order valence-corrected chi connectivity index (χ0v) is 9.87. The first-order valence-corrected chi connectivity index (χ1v) is 4.98. The number of hydrogen-bond acceptors (Lipinski definition) is 4. The van der Waals surface area contributed by atoms with E-state index < -0.39 is 50.6 Å². The van der Waals surface area contributed by atoms with Crippen LogP contribution in [0.2, 0.25) is 0 Å². The van der Waals surface area contributed by atoms with Crippen LogP contribution < -0.4 is 4.50 Å². The Morgan fingerprint density at radius 2 is 1.16 bits per heavy atom. The molecule has 0 aliphatic heterocycles. The van der Waals surface area contributed by atoms with Gasteiger partial charge in [0.15, 0.2) is 0 Å². The third kappa shape index (κ3) is 2.56. The Labute approximate surface area is 112 Å². The van der Waals surface area contributed by atoms with Crippen LogP contribution in [0.3, 0.4) is 0 Å². The van der Waals surface area contributed by atoms with E-state index in [1.54, 1.807) is 0 Å². The molecule has 0 heterocycles. The van der Waals surface area contributed by atoms with E-state index in [0.717, 1.165) is 0 Å². The summed E-state index contributed by atoms with van der Waals surface area (Å²) in [6, 6.07) is 0.682. The Kier molecular flexibility index (Phi) is 3.92. The van der Waals surface area contributed by atoms with Crippen LogP contribution >= 0.6 is 0 Å². The molecule has 0 unspecified atom stereocenters. The summed E-state index contributed by atoms with van der Waals surface area (Å²) in [5, 5.41) is 35.5. The summed E-state index contributed by atoms with van der Waals surface area (Å²) < 4.78 is -0.459. The SMILES string of the molecule is O=C(O)c1c[c]([Co])c(C(=O)O)c(C(=O)O)c1C(=O)O. The summed E-state index contributed by atoms with van der Waals surface area (Å²) in [6.45, 7) is 0. The Bertz CT molecular complexity index is 618. The average Bonchev–Trinajstić information content (AvgIpc) is 2.25. The predicted octanol–water partition coefficient (Wildman–Crippen LogP) is -0.348. The third-order valence-electron chi connectivity index (χ3n) is 2.13. The molecule has 0 aliphatic carbocycles. The molecule has 9 heteroatoms. The molecule has 0 aliphatic rings. The minimum atomic E-state index is -1.87. The number of rotatable bonds is 4. The van der Waals surface area contributed by atoms with Crippen LogP contribution in [0.1, 0.15) is 41.4 Å². The van der Waals surface area contributed by atoms with Crippen molar-refractivity contribution in [1.29, 1.82) is 0 Å². The normalized spacial score (nSPS) is 10.0. The predicted molar refractivity (Wildman–Crippen MR) is 53.9 cm³/mol. The molecule has 0 radical (unpaired) electrons. The van der Waals surface area contributed by atoms with E-state index in [2.05, 4.69) is 15.7 Å². The number of carbonyl (C=O) groups is 4. The summed E-state index contributed by atoms with van der Waals surface area (Å²) in [5.41, 5.74) is -3.95. The molecule has 0 bridgehead atoms. The molecule has 0 aromatic heterocycles. The van der Waals surface area contributed by atoms with Gasteiger partial charge in [0.05, 0.1) is 0 Å². The number of aromatic carboxylic acids is 4. The van der Waals surface area contributed by atoms with E-state index in [-0.39, 0.29) is 0 Å². The second-order valence-electron chi connectivity index (χ2n) is 3.23. The van der Waals surface area contributed by atoms with Gasteiger partial charge in [0, 0.05) is 0 Å². The molecule has 102 valence electrons. The topological polar surface area (TPSA) is 149 Å². The van der Waals surface area contributed by atoms with Crippen molar-refractivity contribution in [2.24, 2.45) is 0 Å². The van der Waals surface area contributed by atoms with Crippen LogP contribution in [0.15, 0.2) is 6.07 Å². The van der Waals surface area contributed by atoms with Crippen LogP contribution in [0.25, 0.3) is 0 Å². The first-order chi connectivity index (χ1) is 8.68. The third-order valence-corrected chi connectivity index (χ3v) is 2.54. The van der Waals surface area contributed by atoms with Crippen LogP contribution in [-0.2, 0) is 15.7 Å². The zero-order chi connectivity index (χ0) is 14.9. The molecule has 0 saturated carbocycles. The molecule has 0 spiro atoms. The van der Waals surface area contributed by atoms with Crippen molar-refractivity contribution in [3.63, 3.8) is 0 Å². The van der Waals surface area contributed by atoms with Crippen molar-refractivity contribution < 1.29 is 55.3 Å². The van der Waals surface area contributed by atoms with Crippen molar-refractivity contribution in [2.75, 3.05) is 0 Å². The summed E-state index contributed by atoms with van der Waals surface area (Å²) in [6.07, 6.45) is 0. The van der Waals surface area contributed by atoms with Gasteiger partial charge in [-0.1, -0.05) is 0 Å². The zero-order valence-electron chi connectivity index (χ0n) is 8.83. The van der Waals surface area contributed by atoms with Gasteiger partial charge in [0.1, 0.15) is 0 Å². The monoisotopic (exact) mass is 312 g/mol. The average molecular weight is 312 g/mol. The van der Waals surface area contributed by atoms with E-state index in [1.165, 1.54) is 0 Å². The number of carboxylic acid groups (broad SMARTS) is 4. The second-order valence-corrected chi connectivity index (χ2v) is 3.79. The van der Waals surface area contributed by atoms with Gasteiger partial charge in [0.25, 0.3) is 0 Å². The van der Waals surface area contributed by atoms with Gasteiger partial charge in [-0.25, -0.2) is 0 Å². The molecule has 0 saturated heterocycles. The molecular weight excluding hydrogens is 307 g/mol. The van der Waals surface area contributed by atoms with Crippen LogP contribution in [0.4, 0.5) is 0 Å². The Balaban J connectivity index is 3.98. The molecule has 8 nitrogen and oxygen atoms in total. The van der Waals surface area contributed by atoms with E-state index >= 15 is 0 Å². The Hall–Kier alpha value is -2.39. The van der Waals surface area contributed by atoms with Crippen LogP contribution in [-0.4, -0.2) is 44.3 Å². The number of hydrogen-bond donors (Lipinski definition) is 4. The van der Waals surface area contributed by atoms with E-state index in [9.17, 15) is 19.2 Å². The Morgan fingerprint density at radius 1 is 0.737 bits per heavy atom. The molecule has 4 N–H and O–H groups in total. The Morgan fingerprint density at radius 3 is 1.47 bits per heavy atom. The van der Waals surface area contributed by atoms with Gasteiger partial charge >= 0.3 is 112 Å². The fourth-order valence-corrected chi connectivity index (χ4v) is 1.84. The summed E-state index contributed by atoms with van der Waals surface area (Å²) in [5.74, 6) is -7.15. The molecule has 0 amide bonds. The van der Waals surface area contributed by atoms with Crippen LogP contribution in [0, 0.1) is 0 Å². The van der Waals surface area contributed by atoms with Gasteiger partial charge in [0.2, 0.25) is 0 Å². The van der Waals surface area contributed by atoms with Crippen molar-refractivity contribution >= 4 is 28.4 Å². The first-order valence-electron chi connectivity index (χ1n) is 4.45. The fourth-order valence-electron chi connectivity index (χ4n) is 1.45. The molecular formula is C10H5CoO8. The molecule has 0 fully saturated rings. The summed E-state index contributed by atoms with van der Waals surface area (Å²) >= 11 is 3.74. The van der Waals surface area contributed by atoms with Crippen molar-refractivity contribution in [2.45, 2.75) is 0 Å². The van der Waals surface area contributed by atoms with Gasteiger partial charge in [-0.15, -0.1) is 0 Å². The second kappa shape index (κ2) is 5.08. The van der Waals surface area contributed by atoms with Crippen molar-refractivity contribution in [1.82, 2.24) is 0 Å². The van der Waals surface area contributed by atoms with Gasteiger partial charge in [-0.3, -0.25) is 0 Å². The quantitative estimate of drug-likeness (QED) is 0.589. The van der Waals surface area contributed by atoms with E-state index in [1.807, 2.05) is 0 Å². The van der Waals surface area contributed by atoms with Crippen molar-refractivity contribution in [3.8, 4) is 0 Å². The van der Waals surface area contributed by atoms with Gasteiger partial charge in [-0.2, -0.15) is 0 Å². The van der Waals surface area contributed by atoms with Gasteiger partial charge in [-0.05, 0) is 0 Å². The fraction of sp³-hybridized carbons (Fsp3) is 0. The number of benzene rings is 1. The maximum absolute atomic E-state index is 11.0. The van der Waals surface area contributed by atoms with E-state index in [0.29, 0.717) is 6.07 Å². The minimum absolute atomic E-state index is 0.459. The molecule has 19 heavy (non-hydrogen) atoms. The standard InChI is InChI=1S/C10H5O8.Co/c11-7(12)3-1-2-4(8(13)14)6(10(17)18)5(3)9(15)16;/h1H,(H,11,12)(H,13,14)(H,15,16)(H,17,18);. The van der Waals surface area contributed by atoms with Gasteiger partial charge < -0.3 is 0 Å². The molecule has 0 atom stereocenters.